The Bertz CT molecular complexity index is 876. The van der Waals surface area contributed by atoms with Gasteiger partial charge in [-0.3, -0.25) is 9.59 Å². The van der Waals surface area contributed by atoms with Crippen molar-refractivity contribution in [1.82, 2.24) is 25.0 Å². The minimum Gasteiger partial charge on any atom is -0.339 e. The van der Waals surface area contributed by atoms with E-state index in [1.807, 2.05) is 11.0 Å². The number of rotatable bonds is 4. The molecule has 0 saturated carbocycles. The normalized spacial score (nSPS) is 16.7. The summed E-state index contributed by atoms with van der Waals surface area (Å²) < 4.78 is 2.23. The van der Waals surface area contributed by atoms with Crippen LogP contribution in [0.3, 0.4) is 0 Å². The second-order valence-electron chi connectivity index (χ2n) is 7.35. The zero-order valence-electron chi connectivity index (χ0n) is 16.6. The van der Waals surface area contributed by atoms with E-state index in [1.54, 1.807) is 25.1 Å². The van der Waals surface area contributed by atoms with E-state index in [-0.39, 0.29) is 24.2 Å². The lowest BCUT2D eigenvalue weighted by Crippen LogP contribution is -2.39. The first kappa shape index (κ1) is 21.3. The highest BCUT2D eigenvalue weighted by atomic mass is 35.5. The smallest absolute Gasteiger partial charge is 0.253 e. The van der Waals surface area contributed by atoms with Gasteiger partial charge in [0.15, 0.2) is 0 Å². The second kappa shape index (κ2) is 9.37. The molecule has 1 aromatic carbocycles. The summed E-state index contributed by atoms with van der Waals surface area (Å²) in [5, 5.41) is 14.9. The quantitative estimate of drug-likeness (QED) is 0.793. The molecule has 1 saturated heterocycles. The number of benzene rings is 1. The Kier molecular flexibility index (Phi) is 6.87. The molecule has 0 bridgehead atoms. The van der Waals surface area contributed by atoms with Crippen molar-refractivity contribution in [3.63, 3.8) is 0 Å². The monoisotopic (exact) mass is 418 g/mol. The Morgan fingerprint density at radius 2 is 2.00 bits per heavy atom. The number of carbonyl (C=O) groups is 2. The van der Waals surface area contributed by atoms with E-state index in [9.17, 15) is 9.59 Å². The summed E-state index contributed by atoms with van der Waals surface area (Å²) >= 11 is 0. The molecule has 1 aromatic heterocycles. The molecule has 2 N–H and O–H groups in total. The number of nitrogens with one attached hydrogen (secondary N) is 2. The number of piperidine rings is 1. The van der Waals surface area contributed by atoms with E-state index in [0.717, 1.165) is 44.1 Å². The maximum atomic E-state index is 12.9. The van der Waals surface area contributed by atoms with Crippen molar-refractivity contribution in [2.75, 3.05) is 25.0 Å². The third-order valence-electron chi connectivity index (χ3n) is 5.51. The van der Waals surface area contributed by atoms with Crippen LogP contribution in [0.2, 0.25) is 0 Å². The van der Waals surface area contributed by atoms with Crippen LogP contribution < -0.4 is 10.6 Å². The van der Waals surface area contributed by atoms with Crippen LogP contribution in [0.5, 0.6) is 0 Å². The van der Waals surface area contributed by atoms with Crippen LogP contribution in [0.25, 0.3) is 0 Å². The van der Waals surface area contributed by atoms with Crippen LogP contribution in [0, 0.1) is 0 Å². The van der Waals surface area contributed by atoms with Gasteiger partial charge in [0.25, 0.3) is 5.91 Å². The van der Waals surface area contributed by atoms with Gasteiger partial charge in [0, 0.05) is 49.8 Å². The minimum atomic E-state index is -0.0581. The van der Waals surface area contributed by atoms with E-state index in [0.29, 0.717) is 36.7 Å². The van der Waals surface area contributed by atoms with E-state index in [1.165, 1.54) is 0 Å². The number of amides is 2. The number of hydrogen-bond donors (Lipinski definition) is 2. The summed E-state index contributed by atoms with van der Waals surface area (Å²) in [7, 11) is 0. The molecule has 1 fully saturated rings. The fraction of sp³-hybridized carbons (Fsp3) is 0.500. The van der Waals surface area contributed by atoms with Crippen LogP contribution in [-0.2, 0) is 17.9 Å². The first-order valence-electron chi connectivity index (χ1n) is 9.97. The molecule has 2 aromatic rings. The van der Waals surface area contributed by atoms with Crippen LogP contribution >= 0.6 is 12.4 Å². The molecule has 2 amide bonds. The molecular formula is C20H27ClN6O2. The van der Waals surface area contributed by atoms with Crippen LogP contribution in [0.4, 0.5) is 5.69 Å². The Balaban J connectivity index is 0.00000240. The van der Waals surface area contributed by atoms with Crippen LogP contribution in [0.15, 0.2) is 24.3 Å². The summed E-state index contributed by atoms with van der Waals surface area (Å²) in [4.78, 5) is 26.4. The summed E-state index contributed by atoms with van der Waals surface area (Å²) in [5.41, 5.74) is 1.27. The average molecular weight is 419 g/mol. The van der Waals surface area contributed by atoms with Gasteiger partial charge in [0.2, 0.25) is 5.91 Å². The Morgan fingerprint density at radius 1 is 1.21 bits per heavy atom. The number of aromatic nitrogens is 3. The average Bonchev–Trinajstić information content (AvgIpc) is 3.17. The first-order valence-corrected chi connectivity index (χ1v) is 9.97. The van der Waals surface area contributed by atoms with Crippen molar-refractivity contribution in [2.24, 2.45) is 0 Å². The van der Waals surface area contributed by atoms with Gasteiger partial charge in [0.05, 0.1) is 6.54 Å². The largest absolute Gasteiger partial charge is 0.339 e. The lowest BCUT2D eigenvalue weighted by atomic mass is 9.95. The molecule has 2 aliphatic rings. The summed E-state index contributed by atoms with van der Waals surface area (Å²) in [6, 6.07) is 7.17. The van der Waals surface area contributed by atoms with Gasteiger partial charge in [-0.15, -0.1) is 22.6 Å². The lowest BCUT2D eigenvalue weighted by molar-refractivity contribution is -0.115. The van der Waals surface area contributed by atoms with E-state index in [4.69, 9.17) is 0 Å². The summed E-state index contributed by atoms with van der Waals surface area (Å²) in [5.74, 6) is 2.37. The molecule has 0 atom stereocenters. The molecule has 0 aliphatic carbocycles. The Hall–Kier alpha value is -2.45. The molecule has 4 rings (SSSR count). The number of fused-ring (bicyclic) bond motifs is 1. The minimum absolute atomic E-state index is 0. The predicted octanol–water partition coefficient (Wildman–Crippen LogP) is 2.17. The Labute approximate surface area is 176 Å². The van der Waals surface area contributed by atoms with Gasteiger partial charge < -0.3 is 20.1 Å². The fourth-order valence-electron chi connectivity index (χ4n) is 3.92. The standard InChI is InChI=1S/C20H26N6O2.ClH/c1-2-18(27)22-16-5-3-4-15(12-16)20(28)25-9-6-14(7-10-25)19-24-23-17-13-21-8-11-26(17)19;/h3-5,12,14,21H,2,6-11,13H2,1H3,(H,22,27);1H. The first-order chi connectivity index (χ1) is 13.7. The molecule has 0 spiro atoms. The number of anilines is 1. The highest BCUT2D eigenvalue weighted by Gasteiger charge is 2.29. The van der Waals surface area contributed by atoms with E-state index < -0.39 is 0 Å². The molecule has 29 heavy (non-hydrogen) atoms. The van der Waals surface area contributed by atoms with Gasteiger partial charge in [-0.2, -0.15) is 0 Å². The van der Waals surface area contributed by atoms with Crippen LogP contribution in [-0.4, -0.2) is 51.1 Å². The molecule has 156 valence electrons. The molecule has 9 heteroatoms. The second-order valence-corrected chi connectivity index (χ2v) is 7.35. The maximum Gasteiger partial charge on any atom is 0.253 e. The van der Waals surface area contributed by atoms with Gasteiger partial charge in [-0.1, -0.05) is 13.0 Å². The third-order valence-corrected chi connectivity index (χ3v) is 5.51. The van der Waals surface area contributed by atoms with Crippen molar-refractivity contribution in [3.8, 4) is 0 Å². The summed E-state index contributed by atoms with van der Waals surface area (Å²) in [6.45, 7) is 5.84. The maximum absolute atomic E-state index is 12.9. The van der Waals surface area contributed by atoms with Crippen molar-refractivity contribution in [3.05, 3.63) is 41.5 Å². The van der Waals surface area contributed by atoms with E-state index in [2.05, 4.69) is 25.4 Å². The van der Waals surface area contributed by atoms with E-state index >= 15 is 0 Å². The summed E-state index contributed by atoms with van der Waals surface area (Å²) in [6.07, 6.45) is 2.20. The highest BCUT2D eigenvalue weighted by Crippen LogP contribution is 2.28. The van der Waals surface area contributed by atoms with Crippen molar-refractivity contribution >= 4 is 29.9 Å². The van der Waals surface area contributed by atoms with Crippen LogP contribution in [0.1, 0.15) is 54.1 Å². The molecular weight excluding hydrogens is 392 g/mol. The number of carbonyl (C=O) groups excluding carboxylic acids is 2. The van der Waals surface area contributed by atoms with Crippen molar-refractivity contribution in [1.29, 1.82) is 0 Å². The van der Waals surface area contributed by atoms with Crippen molar-refractivity contribution < 1.29 is 9.59 Å². The number of halogens is 1. The fourth-order valence-corrected chi connectivity index (χ4v) is 3.92. The lowest BCUT2D eigenvalue weighted by Gasteiger charge is -2.32. The molecule has 2 aliphatic heterocycles. The van der Waals surface area contributed by atoms with Gasteiger partial charge >= 0.3 is 0 Å². The van der Waals surface area contributed by atoms with Gasteiger partial charge in [-0.25, -0.2) is 0 Å². The third kappa shape index (κ3) is 4.59. The number of hydrogen-bond acceptors (Lipinski definition) is 5. The molecule has 3 heterocycles. The molecule has 8 nitrogen and oxygen atoms in total. The molecule has 0 unspecified atom stereocenters. The Morgan fingerprint density at radius 3 is 2.76 bits per heavy atom. The number of likely N-dealkylation sites (tertiary alicyclic amines) is 1. The van der Waals surface area contributed by atoms with Gasteiger partial charge in [0.1, 0.15) is 11.6 Å². The SMILES string of the molecule is CCC(=O)Nc1cccc(C(=O)N2CCC(c3nnc4n3CCNC4)CC2)c1.Cl. The predicted molar refractivity (Wildman–Crippen MR) is 112 cm³/mol. The zero-order chi connectivity index (χ0) is 19.5. The van der Waals surface area contributed by atoms with Crippen molar-refractivity contribution in [2.45, 2.75) is 45.2 Å². The zero-order valence-corrected chi connectivity index (χ0v) is 17.4. The topological polar surface area (TPSA) is 92.2 Å². The molecule has 0 radical (unpaired) electrons. The highest BCUT2D eigenvalue weighted by molar-refractivity contribution is 5.97. The van der Waals surface area contributed by atoms with Gasteiger partial charge in [-0.05, 0) is 31.0 Å². The number of nitrogens with zero attached hydrogens (tertiary/aromatic N) is 4.